The third-order valence-electron chi connectivity index (χ3n) is 6.19. The highest BCUT2D eigenvalue weighted by Gasteiger charge is 2.50. The topological polar surface area (TPSA) is 102 Å². The van der Waals surface area contributed by atoms with Crippen LogP contribution < -0.4 is 5.32 Å². The van der Waals surface area contributed by atoms with Crippen LogP contribution in [0, 0.1) is 0 Å². The van der Waals surface area contributed by atoms with Gasteiger partial charge in [0.2, 0.25) is 21.8 Å². The lowest BCUT2D eigenvalue weighted by molar-refractivity contribution is -0.135. The van der Waals surface area contributed by atoms with E-state index >= 15 is 0 Å². The van der Waals surface area contributed by atoms with Crippen molar-refractivity contribution in [2.45, 2.75) is 64.2 Å². The van der Waals surface area contributed by atoms with E-state index in [4.69, 9.17) is 0 Å². The number of nitrogens with zero attached hydrogens (tertiary/aromatic N) is 4. The van der Waals surface area contributed by atoms with Crippen molar-refractivity contribution in [3.8, 4) is 0 Å². The summed E-state index contributed by atoms with van der Waals surface area (Å²) in [6.07, 6.45) is 3.81. The Morgan fingerprint density at radius 3 is 2.31 bits per heavy atom. The zero-order valence-electron chi connectivity index (χ0n) is 22.2. The summed E-state index contributed by atoms with van der Waals surface area (Å²) < 4.78 is 27.7. The van der Waals surface area contributed by atoms with Gasteiger partial charge in [-0.1, -0.05) is 63.9 Å². The summed E-state index contributed by atoms with van der Waals surface area (Å²) in [7, 11) is -0.197. The molecule has 1 aromatic carbocycles. The van der Waals surface area contributed by atoms with Gasteiger partial charge in [-0.15, -0.1) is 5.10 Å². The summed E-state index contributed by atoms with van der Waals surface area (Å²) in [6.45, 7) is 7.14. The fourth-order valence-corrected chi connectivity index (χ4v) is 6.38. The van der Waals surface area contributed by atoms with E-state index in [2.05, 4.69) is 10.4 Å². The number of hydrogen-bond donors (Lipinski definition) is 1. The third kappa shape index (κ3) is 8.03. The minimum Gasteiger partial charge on any atom is -0.306 e. The van der Waals surface area contributed by atoms with Crippen LogP contribution in [0.25, 0.3) is 0 Å². The lowest BCUT2D eigenvalue weighted by Crippen LogP contribution is -2.50. The van der Waals surface area contributed by atoms with E-state index in [1.165, 1.54) is 21.1 Å². The number of carbonyl (C=O) groups is 2. The number of amides is 2. The maximum Gasteiger partial charge on any atom is 0.244 e. The van der Waals surface area contributed by atoms with Crippen LogP contribution in [0.2, 0.25) is 0 Å². The number of unbranched alkanes of at least 4 members (excludes halogenated alkanes) is 2. The smallest absolute Gasteiger partial charge is 0.244 e. The zero-order chi connectivity index (χ0) is 26.8. The van der Waals surface area contributed by atoms with Crippen molar-refractivity contribution in [2.75, 3.05) is 39.5 Å². The summed E-state index contributed by atoms with van der Waals surface area (Å²) in [5.41, 5.74) is 0.745. The van der Waals surface area contributed by atoms with Gasteiger partial charge in [0.15, 0.2) is 10.0 Å². The summed E-state index contributed by atoms with van der Waals surface area (Å²) >= 11 is 1.22. The quantitative estimate of drug-likeness (QED) is 0.389. The number of carbonyl (C=O) groups excluding carboxylic acids is 2. The van der Waals surface area contributed by atoms with E-state index in [0.717, 1.165) is 31.4 Å². The number of sulfonamides is 1. The van der Waals surface area contributed by atoms with Crippen molar-refractivity contribution in [3.05, 3.63) is 35.9 Å². The minimum absolute atomic E-state index is 0.00442. The van der Waals surface area contributed by atoms with Crippen LogP contribution in [0.1, 0.15) is 64.9 Å². The summed E-state index contributed by atoms with van der Waals surface area (Å²) in [6, 6.07) is 9.32. The molecule has 11 heteroatoms. The van der Waals surface area contributed by atoms with Crippen molar-refractivity contribution < 1.29 is 18.0 Å². The Labute approximate surface area is 220 Å². The Hall–Kier alpha value is -1.95. The van der Waals surface area contributed by atoms with Gasteiger partial charge in [0.05, 0.1) is 12.3 Å². The summed E-state index contributed by atoms with van der Waals surface area (Å²) in [5.74, 6) is -0.409. The zero-order valence-corrected chi connectivity index (χ0v) is 23.8. The molecule has 0 fully saturated rings. The second-order valence-electron chi connectivity index (χ2n) is 9.09. The van der Waals surface area contributed by atoms with Crippen molar-refractivity contribution in [1.29, 1.82) is 0 Å². The van der Waals surface area contributed by atoms with Crippen LogP contribution in [-0.4, -0.2) is 79.1 Å². The summed E-state index contributed by atoms with van der Waals surface area (Å²) in [4.78, 5) is 26.7. The van der Waals surface area contributed by atoms with Crippen molar-refractivity contribution in [2.24, 2.45) is 5.10 Å². The SMILES string of the molecule is CCCCC(=O)NC1=NN(C(=O)CCCC)C(CN(C)S(=O)(=O)CCN(C)CC)(c2ccccc2)S1. The molecule has 1 aromatic rings. The van der Waals surface area contributed by atoms with Gasteiger partial charge >= 0.3 is 0 Å². The number of nitrogens with one attached hydrogen (secondary N) is 1. The highest BCUT2D eigenvalue weighted by atomic mass is 32.2. The Bertz CT molecular complexity index is 1000. The van der Waals surface area contributed by atoms with Crippen molar-refractivity contribution in [3.63, 3.8) is 0 Å². The van der Waals surface area contributed by atoms with E-state index in [9.17, 15) is 18.0 Å². The van der Waals surface area contributed by atoms with Gasteiger partial charge in [0, 0.05) is 26.4 Å². The molecule has 0 saturated carbocycles. The van der Waals surface area contributed by atoms with E-state index < -0.39 is 14.9 Å². The Kier molecular flexibility index (Phi) is 11.9. The molecule has 202 valence electrons. The molecule has 0 aliphatic carbocycles. The molecular weight excluding hydrogens is 498 g/mol. The summed E-state index contributed by atoms with van der Waals surface area (Å²) in [5, 5.41) is 9.09. The van der Waals surface area contributed by atoms with Crippen LogP contribution in [-0.2, 0) is 24.5 Å². The average Bonchev–Trinajstić information content (AvgIpc) is 3.23. The molecule has 1 aliphatic rings. The van der Waals surface area contributed by atoms with Gasteiger partial charge in [-0.25, -0.2) is 17.7 Å². The Balaban J connectivity index is 2.45. The van der Waals surface area contributed by atoms with Crippen LogP contribution >= 0.6 is 11.8 Å². The standard InChI is InChI=1S/C25H41N5O4S2/c1-6-9-16-22(31)26-24-27-30(23(32)17-10-7-2)25(35-24,21-14-12-11-13-15-21)20-29(5)36(33,34)19-18-28(4)8-3/h11-15H,6-10,16-20H2,1-5H3,(H,26,27,31). The van der Waals surface area contributed by atoms with Gasteiger partial charge in [0.25, 0.3) is 0 Å². The molecule has 9 nitrogen and oxygen atoms in total. The first-order chi connectivity index (χ1) is 17.1. The Morgan fingerprint density at radius 1 is 1.06 bits per heavy atom. The molecule has 2 rings (SSSR count). The van der Waals surface area contributed by atoms with Gasteiger partial charge in [0.1, 0.15) is 0 Å². The van der Waals surface area contributed by atoms with Crippen LogP contribution in [0.3, 0.4) is 0 Å². The van der Waals surface area contributed by atoms with Crippen molar-refractivity contribution in [1.82, 2.24) is 19.5 Å². The molecule has 1 unspecified atom stereocenters. The third-order valence-corrected chi connectivity index (χ3v) is 9.22. The number of amidine groups is 1. The molecule has 0 spiro atoms. The normalized spacial score (nSPS) is 18.1. The first-order valence-corrected chi connectivity index (χ1v) is 15.1. The number of likely N-dealkylation sites (N-methyl/N-ethyl adjacent to an activating group) is 1. The predicted octanol–water partition coefficient (Wildman–Crippen LogP) is 3.40. The maximum absolute atomic E-state index is 13.4. The van der Waals surface area contributed by atoms with Gasteiger partial charge in [-0.3, -0.25) is 9.59 Å². The molecular formula is C25H41N5O4S2. The first kappa shape index (κ1) is 30.3. The predicted molar refractivity (Wildman–Crippen MR) is 147 cm³/mol. The van der Waals surface area contributed by atoms with Crippen LogP contribution in [0.5, 0.6) is 0 Å². The van der Waals surface area contributed by atoms with Gasteiger partial charge < -0.3 is 10.2 Å². The van der Waals surface area contributed by atoms with E-state index in [1.54, 1.807) is 7.05 Å². The fraction of sp³-hybridized carbons (Fsp3) is 0.640. The molecule has 36 heavy (non-hydrogen) atoms. The van der Waals surface area contributed by atoms with E-state index in [-0.39, 0.29) is 30.5 Å². The monoisotopic (exact) mass is 539 g/mol. The maximum atomic E-state index is 13.4. The van der Waals surface area contributed by atoms with E-state index in [0.29, 0.717) is 24.6 Å². The van der Waals surface area contributed by atoms with Crippen LogP contribution in [0.15, 0.2) is 35.4 Å². The molecule has 1 heterocycles. The average molecular weight is 540 g/mol. The molecule has 0 aromatic heterocycles. The largest absolute Gasteiger partial charge is 0.306 e. The number of hydrogen-bond acceptors (Lipinski definition) is 7. The molecule has 0 bridgehead atoms. The lowest BCUT2D eigenvalue weighted by atomic mass is 10.0. The Morgan fingerprint density at radius 2 is 1.69 bits per heavy atom. The second-order valence-corrected chi connectivity index (χ2v) is 12.5. The molecule has 2 amide bonds. The lowest BCUT2D eigenvalue weighted by Gasteiger charge is -2.38. The highest BCUT2D eigenvalue weighted by molar-refractivity contribution is 8.14. The number of thioether (sulfide) groups is 1. The molecule has 0 saturated heterocycles. The van der Waals surface area contributed by atoms with Crippen LogP contribution in [0.4, 0.5) is 0 Å². The highest BCUT2D eigenvalue weighted by Crippen LogP contribution is 2.46. The number of benzene rings is 1. The molecule has 1 aliphatic heterocycles. The van der Waals surface area contributed by atoms with E-state index in [1.807, 2.05) is 63.1 Å². The van der Waals surface area contributed by atoms with Crippen molar-refractivity contribution >= 4 is 38.8 Å². The van der Waals surface area contributed by atoms with Gasteiger partial charge in [-0.2, -0.15) is 0 Å². The molecule has 0 radical (unpaired) electrons. The molecule has 1 N–H and O–H groups in total. The number of rotatable bonds is 14. The second kappa shape index (κ2) is 14.1. The fourth-order valence-electron chi connectivity index (χ4n) is 3.71. The molecule has 1 atom stereocenters. The van der Waals surface area contributed by atoms with Gasteiger partial charge in [-0.05, 0) is 43.8 Å². The number of hydrazone groups is 1. The first-order valence-electron chi connectivity index (χ1n) is 12.7. The minimum atomic E-state index is -3.62.